The molecule has 0 saturated carbocycles. The summed E-state index contributed by atoms with van der Waals surface area (Å²) in [5.74, 6) is -1.36. The normalized spacial score (nSPS) is 10.0. The fourth-order valence-electron chi connectivity index (χ4n) is 2.03. The van der Waals surface area contributed by atoms with Gasteiger partial charge in [-0.15, -0.1) is 0 Å². The zero-order valence-corrected chi connectivity index (χ0v) is 14.1. The zero-order chi connectivity index (χ0) is 18.2. The Morgan fingerprint density at radius 1 is 0.920 bits per heavy atom. The molecule has 2 aromatic carbocycles. The van der Waals surface area contributed by atoms with Crippen molar-refractivity contribution in [2.45, 2.75) is 13.8 Å². The van der Waals surface area contributed by atoms with Crippen LogP contribution in [0.1, 0.15) is 21.5 Å². The van der Waals surface area contributed by atoms with Gasteiger partial charge in [-0.3, -0.25) is 14.9 Å². The number of rotatable bonds is 6. The summed E-state index contributed by atoms with van der Waals surface area (Å²) < 4.78 is 10.2. The van der Waals surface area contributed by atoms with Crippen LogP contribution in [0.4, 0.5) is 0 Å². The smallest absolute Gasteiger partial charge is 0.344 e. The largest absolute Gasteiger partial charge is 0.482 e. The third-order valence-electron chi connectivity index (χ3n) is 3.55. The summed E-state index contributed by atoms with van der Waals surface area (Å²) in [4.78, 5) is 35.1. The number of nitrogens with one attached hydrogen (secondary N) is 1. The highest BCUT2D eigenvalue weighted by Crippen LogP contribution is 2.20. The average molecular weight is 341 g/mol. The van der Waals surface area contributed by atoms with Crippen LogP contribution in [0.25, 0.3) is 0 Å². The Kier molecular flexibility index (Phi) is 6.28. The van der Waals surface area contributed by atoms with Gasteiger partial charge in [0.1, 0.15) is 5.75 Å². The molecule has 130 valence electrons. The highest BCUT2D eigenvalue weighted by Gasteiger charge is 2.13. The number of imide groups is 1. The van der Waals surface area contributed by atoms with Crippen molar-refractivity contribution in [3.05, 3.63) is 65.2 Å². The van der Waals surface area contributed by atoms with Crippen molar-refractivity contribution >= 4 is 17.8 Å². The van der Waals surface area contributed by atoms with E-state index in [9.17, 15) is 14.4 Å². The lowest BCUT2D eigenvalue weighted by atomic mass is 10.1. The number of amides is 2. The number of hydrogen-bond donors (Lipinski definition) is 1. The van der Waals surface area contributed by atoms with Crippen molar-refractivity contribution in [1.82, 2.24) is 5.32 Å². The van der Waals surface area contributed by atoms with Crippen LogP contribution in [0.5, 0.6) is 5.75 Å². The predicted octanol–water partition coefficient (Wildman–Crippen LogP) is 2.18. The molecule has 2 amide bonds. The number of esters is 1. The standard InChI is InChI=1S/C19H19NO5/c1-13-7-6-10-16(14(13)2)24-12-18(22)25-11-17(21)20-19(23)15-8-4-3-5-9-15/h3-10H,11-12H2,1-2H3,(H,20,21,23). The fourth-order valence-corrected chi connectivity index (χ4v) is 2.03. The molecule has 0 aromatic heterocycles. The van der Waals surface area contributed by atoms with E-state index in [4.69, 9.17) is 9.47 Å². The molecule has 6 heteroatoms. The first-order valence-electron chi connectivity index (χ1n) is 7.71. The minimum absolute atomic E-state index is 0.315. The van der Waals surface area contributed by atoms with Gasteiger partial charge >= 0.3 is 5.97 Å². The highest BCUT2D eigenvalue weighted by molar-refractivity contribution is 6.05. The van der Waals surface area contributed by atoms with Crippen LogP contribution in [-0.2, 0) is 14.3 Å². The van der Waals surface area contributed by atoms with E-state index in [0.29, 0.717) is 11.3 Å². The van der Waals surface area contributed by atoms with E-state index in [0.717, 1.165) is 11.1 Å². The summed E-state index contributed by atoms with van der Waals surface area (Å²) in [5, 5.41) is 2.15. The number of carbonyl (C=O) groups is 3. The Hall–Kier alpha value is -3.15. The second-order valence-electron chi connectivity index (χ2n) is 5.39. The van der Waals surface area contributed by atoms with Crippen LogP contribution in [0, 0.1) is 13.8 Å². The molecule has 0 saturated heterocycles. The van der Waals surface area contributed by atoms with E-state index in [1.807, 2.05) is 26.0 Å². The maximum Gasteiger partial charge on any atom is 0.344 e. The molecule has 0 bridgehead atoms. The summed E-state index contributed by atoms with van der Waals surface area (Å²) in [6.07, 6.45) is 0. The number of ether oxygens (including phenoxy) is 2. The highest BCUT2D eigenvalue weighted by atomic mass is 16.6. The van der Waals surface area contributed by atoms with Crippen LogP contribution in [-0.4, -0.2) is 31.0 Å². The van der Waals surface area contributed by atoms with Crippen molar-refractivity contribution in [2.75, 3.05) is 13.2 Å². The van der Waals surface area contributed by atoms with E-state index >= 15 is 0 Å². The van der Waals surface area contributed by atoms with Crippen molar-refractivity contribution in [3.63, 3.8) is 0 Å². The van der Waals surface area contributed by atoms with E-state index in [1.54, 1.807) is 36.4 Å². The lowest BCUT2D eigenvalue weighted by Crippen LogP contribution is -2.34. The maximum absolute atomic E-state index is 11.8. The van der Waals surface area contributed by atoms with E-state index in [1.165, 1.54) is 0 Å². The average Bonchev–Trinajstić information content (AvgIpc) is 2.62. The fraction of sp³-hybridized carbons (Fsp3) is 0.211. The molecule has 0 heterocycles. The molecule has 0 spiro atoms. The molecule has 0 radical (unpaired) electrons. The van der Waals surface area contributed by atoms with Crippen LogP contribution < -0.4 is 10.1 Å². The summed E-state index contributed by atoms with van der Waals surface area (Å²) in [6.45, 7) is 2.96. The molecular formula is C19H19NO5. The van der Waals surface area contributed by atoms with Gasteiger partial charge in [0, 0.05) is 5.56 Å². The third-order valence-corrected chi connectivity index (χ3v) is 3.55. The zero-order valence-electron chi connectivity index (χ0n) is 14.1. The van der Waals surface area contributed by atoms with Gasteiger partial charge in [0.05, 0.1) is 0 Å². The van der Waals surface area contributed by atoms with Crippen LogP contribution in [0.3, 0.4) is 0 Å². The molecular weight excluding hydrogens is 322 g/mol. The topological polar surface area (TPSA) is 81.7 Å². The molecule has 0 atom stereocenters. The van der Waals surface area contributed by atoms with E-state index in [2.05, 4.69) is 5.32 Å². The summed E-state index contributed by atoms with van der Waals surface area (Å²) in [7, 11) is 0. The Morgan fingerprint density at radius 2 is 1.64 bits per heavy atom. The van der Waals surface area contributed by atoms with Crippen molar-refractivity contribution in [3.8, 4) is 5.75 Å². The lowest BCUT2D eigenvalue weighted by Gasteiger charge is -2.10. The molecule has 0 aliphatic heterocycles. The number of benzene rings is 2. The lowest BCUT2D eigenvalue weighted by molar-refractivity contribution is -0.150. The number of carbonyl (C=O) groups excluding carboxylic acids is 3. The molecule has 0 unspecified atom stereocenters. The van der Waals surface area contributed by atoms with Gasteiger partial charge in [-0.05, 0) is 43.2 Å². The Morgan fingerprint density at radius 3 is 2.36 bits per heavy atom. The van der Waals surface area contributed by atoms with Crippen molar-refractivity contribution in [1.29, 1.82) is 0 Å². The van der Waals surface area contributed by atoms with Crippen molar-refractivity contribution in [2.24, 2.45) is 0 Å². The molecule has 0 aliphatic carbocycles. The van der Waals surface area contributed by atoms with Gasteiger partial charge < -0.3 is 9.47 Å². The molecule has 1 N–H and O–H groups in total. The van der Waals surface area contributed by atoms with Crippen LogP contribution in [0.2, 0.25) is 0 Å². The summed E-state index contributed by atoms with van der Waals surface area (Å²) in [5.41, 5.74) is 2.33. The van der Waals surface area contributed by atoms with Gasteiger partial charge in [0.15, 0.2) is 13.2 Å². The van der Waals surface area contributed by atoms with Crippen molar-refractivity contribution < 1.29 is 23.9 Å². The Bertz CT molecular complexity index is 771. The van der Waals surface area contributed by atoms with E-state index in [-0.39, 0.29) is 6.61 Å². The van der Waals surface area contributed by atoms with Gasteiger partial charge in [-0.2, -0.15) is 0 Å². The van der Waals surface area contributed by atoms with E-state index < -0.39 is 24.4 Å². The molecule has 25 heavy (non-hydrogen) atoms. The van der Waals surface area contributed by atoms with Gasteiger partial charge in [-0.25, -0.2) is 4.79 Å². The van der Waals surface area contributed by atoms with Crippen LogP contribution >= 0.6 is 0 Å². The quantitative estimate of drug-likeness (QED) is 0.815. The van der Waals surface area contributed by atoms with Gasteiger partial charge in [-0.1, -0.05) is 30.3 Å². The molecule has 2 aromatic rings. The summed E-state index contributed by atoms with van der Waals surface area (Å²) >= 11 is 0. The van der Waals surface area contributed by atoms with Gasteiger partial charge in [0.25, 0.3) is 11.8 Å². The molecule has 0 fully saturated rings. The second kappa shape index (κ2) is 8.63. The van der Waals surface area contributed by atoms with Gasteiger partial charge in [0.2, 0.25) is 0 Å². The second-order valence-corrected chi connectivity index (χ2v) is 5.39. The Balaban J connectivity index is 1.75. The first kappa shape index (κ1) is 18.2. The SMILES string of the molecule is Cc1cccc(OCC(=O)OCC(=O)NC(=O)c2ccccc2)c1C. The first-order valence-corrected chi connectivity index (χ1v) is 7.71. The number of hydrogen-bond acceptors (Lipinski definition) is 5. The van der Waals surface area contributed by atoms with Crippen LogP contribution in [0.15, 0.2) is 48.5 Å². The third kappa shape index (κ3) is 5.46. The minimum atomic E-state index is -0.700. The maximum atomic E-state index is 11.8. The monoisotopic (exact) mass is 341 g/mol. The minimum Gasteiger partial charge on any atom is -0.482 e. The first-order chi connectivity index (χ1) is 12.0. The number of aryl methyl sites for hydroxylation is 1. The Labute approximate surface area is 145 Å². The predicted molar refractivity (Wildman–Crippen MR) is 91.3 cm³/mol. The molecule has 2 rings (SSSR count). The molecule has 6 nitrogen and oxygen atoms in total. The summed E-state index contributed by atoms with van der Waals surface area (Å²) in [6, 6.07) is 13.8. The molecule has 0 aliphatic rings.